The van der Waals surface area contributed by atoms with Crippen LogP contribution in [0.5, 0.6) is 0 Å². The molecule has 5 heteroatoms. The minimum Gasteiger partial charge on any atom is -0.371 e. The third-order valence-corrected chi connectivity index (χ3v) is 4.87. The monoisotopic (exact) mass is 327 g/mol. The van der Waals surface area contributed by atoms with Crippen molar-refractivity contribution in [1.29, 1.82) is 0 Å². The van der Waals surface area contributed by atoms with Gasteiger partial charge in [0.15, 0.2) is 0 Å². The van der Waals surface area contributed by atoms with Crippen LogP contribution in [-0.2, 0) is 11.2 Å². The summed E-state index contributed by atoms with van der Waals surface area (Å²) < 4.78 is 5.14. The van der Waals surface area contributed by atoms with E-state index in [1.807, 2.05) is 31.9 Å². The van der Waals surface area contributed by atoms with Crippen LogP contribution in [0, 0.1) is 19.8 Å². The molecule has 0 bridgehead atoms. The number of likely N-dealkylation sites (N-methyl/N-ethyl adjacent to an activating group) is 1. The van der Waals surface area contributed by atoms with Gasteiger partial charge in [-0.3, -0.25) is 4.79 Å². The summed E-state index contributed by atoms with van der Waals surface area (Å²) in [5, 5.41) is 3.92. The lowest BCUT2D eigenvalue weighted by Gasteiger charge is -2.22. The van der Waals surface area contributed by atoms with Crippen molar-refractivity contribution in [2.24, 2.45) is 5.92 Å². The van der Waals surface area contributed by atoms with E-state index in [4.69, 9.17) is 4.52 Å². The molecule has 2 aromatic rings. The van der Waals surface area contributed by atoms with E-state index >= 15 is 0 Å². The van der Waals surface area contributed by atoms with Crippen LogP contribution in [0.1, 0.15) is 23.4 Å². The first-order valence-electron chi connectivity index (χ1n) is 8.50. The highest BCUT2D eigenvalue weighted by molar-refractivity contribution is 5.79. The van der Waals surface area contributed by atoms with Gasteiger partial charge in [0, 0.05) is 37.9 Å². The molecule has 1 fully saturated rings. The molecule has 1 aromatic carbocycles. The summed E-state index contributed by atoms with van der Waals surface area (Å²) in [5.41, 5.74) is 3.00. The largest absolute Gasteiger partial charge is 0.371 e. The van der Waals surface area contributed by atoms with Crippen LogP contribution in [0.25, 0.3) is 0 Å². The topological polar surface area (TPSA) is 49.6 Å². The quantitative estimate of drug-likeness (QED) is 0.847. The van der Waals surface area contributed by atoms with E-state index in [2.05, 4.69) is 34.3 Å². The summed E-state index contributed by atoms with van der Waals surface area (Å²) in [7, 11) is 1.89. The van der Waals surface area contributed by atoms with Crippen LogP contribution in [0.2, 0.25) is 0 Å². The average Bonchev–Trinajstić information content (AvgIpc) is 3.17. The van der Waals surface area contributed by atoms with Crippen LogP contribution in [0.3, 0.4) is 0 Å². The smallest absolute Gasteiger partial charge is 0.226 e. The first-order valence-corrected chi connectivity index (χ1v) is 8.50. The number of anilines is 1. The first kappa shape index (κ1) is 16.6. The van der Waals surface area contributed by atoms with E-state index in [-0.39, 0.29) is 5.91 Å². The van der Waals surface area contributed by atoms with Gasteiger partial charge in [-0.25, -0.2) is 0 Å². The maximum atomic E-state index is 12.5. The van der Waals surface area contributed by atoms with Gasteiger partial charge < -0.3 is 14.3 Å². The Morgan fingerprint density at radius 2 is 2.08 bits per heavy atom. The summed E-state index contributed by atoms with van der Waals surface area (Å²) in [6, 6.07) is 10.5. The van der Waals surface area contributed by atoms with Gasteiger partial charge in [-0.15, -0.1) is 0 Å². The number of aryl methyl sites for hydroxylation is 2. The SMILES string of the molecule is Cc1noc(C)c1CC(=O)N(C)C[C@@H]1CCN(c2ccccc2)C1. The molecule has 1 amide bonds. The number of nitrogens with zero attached hydrogens (tertiary/aromatic N) is 3. The van der Waals surface area contributed by atoms with Crippen molar-refractivity contribution in [3.05, 3.63) is 47.3 Å². The van der Waals surface area contributed by atoms with Crippen LogP contribution < -0.4 is 4.90 Å². The van der Waals surface area contributed by atoms with Gasteiger partial charge in [0.1, 0.15) is 5.76 Å². The van der Waals surface area contributed by atoms with Crippen molar-refractivity contribution in [2.45, 2.75) is 26.7 Å². The lowest BCUT2D eigenvalue weighted by molar-refractivity contribution is -0.129. The summed E-state index contributed by atoms with van der Waals surface area (Å²) in [4.78, 5) is 16.7. The Labute approximate surface area is 143 Å². The van der Waals surface area contributed by atoms with Crippen molar-refractivity contribution in [1.82, 2.24) is 10.1 Å². The van der Waals surface area contributed by atoms with Crippen molar-refractivity contribution in [2.75, 3.05) is 31.6 Å². The fourth-order valence-electron chi connectivity index (χ4n) is 3.38. The fraction of sp³-hybridized carbons (Fsp3) is 0.474. The second-order valence-electron chi connectivity index (χ2n) is 6.69. The van der Waals surface area contributed by atoms with E-state index in [9.17, 15) is 4.79 Å². The second kappa shape index (κ2) is 7.07. The molecule has 1 aliphatic heterocycles. The van der Waals surface area contributed by atoms with Crippen LogP contribution in [0.15, 0.2) is 34.9 Å². The molecule has 3 rings (SSSR count). The predicted octanol–water partition coefficient (Wildman–Crippen LogP) is 2.82. The van der Waals surface area contributed by atoms with Crippen molar-refractivity contribution in [3.8, 4) is 0 Å². The molecule has 1 saturated heterocycles. The molecule has 0 saturated carbocycles. The predicted molar refractivity (Wildman–Crippen MR) is 94.1 cm³/mol. The van der Waals surface area contributed by atoms with Gasteiger partial charge in [-0.2, -0.15) is 0 Å². The minimum absolute atomic E-state index is 0.127. The third kappa shape index (κ3) is 3.61. The molecule has 1 atom stereocenters. The standard InChI is InChI=1S/C19H25N3O2/c1-14-18(15(2)24-20-14)11-19(23)21(3)12-16-9-10-22(13-16)17-7-5-4-6-8-17/h4-8,16H,9-13H2,1-3H3/t16-/m0/s1. The average molecular weight is 327 g/mol. The Hall–Kier alpha value is -2.30. The maximum absolute atomic E-state index is 12.5. The van der Waals surface area contributed by atoms with E-state index < -0.39 is 0 Å². The number of amides is 1. The van der Waals surface area contributed by atoms with Gasteiger partial charge >= 0.3 is 0 Å². The summed E-state index contributed by atoms with van der Waals surface area (Å²) >= 11 is 0. The van der Waals surface area contributed by atoms with Gasteiger partial charge in [-0.05, 0) is 38.3 Å². The number of benzene rings is 1. The molecule has 128 valence electrons. The van der Waals surface area contributed by atoms with Crippen LogP contribution in [0.4, 0.5) is 5.69 Å². The highest BCUT2D eigenvalue weighted by Crippen LogP contribution is 2.24. The van der Waals surface area contributed by atoms with Gasteiger partial charge in [-0.1, -0.05) is 23.4 Å². The number of carbonyl (C=O) groups is 1. The Bertz CT molecular complexity index is 676. The van der Waals surface area contributed by atoms with Crippen molar-refractivity contribution in [3.63, 3.8) is 0 Å². The molecule has 0 aliphatic carbocycles. The molecule has 1 aromatic heterocycles. The van der Waals surface area contributed by atoms with E-state index in [0.29, 0.717) is 12.3 Å². The van der Waals surface area contributed by atoms with E-state index in [0.717, 1.165) is 43.1 Å². The molecule has 5 nitrogen and oxygen atoms in total. The zero-order chi connectivity index (χ0) is 17.1. The fourth-order valence-corrected chi connectivity index (χ4v) is 3.38. The second-order valence-corrected chi connectivity index (χ2v) is 6.69. The van der Waals surface area contributed by atoms with Crippen molar-refractivity contribution >= 4 is 11.6 Å². The molecule has 1 aliphatic rings. The zero-order valence-electron chi connectivity index (χ0n) is 14.7. The van der Waals surface area contributed by atoms with E-state index in [1.165, 1.54) is 5.69 Å². The molecular formula is C19H25N3O2. The molecule has 0 spiro atoms. The Kier molecular flexibility index (Phi) is 4.88. The lowest BCUT2D eigenvalue weighted by atomic mass is 10.1. The Balaban J connectivity index is 1.54. The van der Waals surface area contributed by atoms with Crippen molar-refractivity contribution < 1.29 is 9.32 Å². The highest BCUT2D eigenvalue weighted by Gasteiger charge is 2.25. The number of para-hydroxylation sites is 1. The molecule has 24 heavy (non-hydrogen) atoms. The molecule has 0 unspecified atom stereocenters. The highest BCUT2D eigenvalue weighted by atomic mass is 16.5. The normalized spacial score (nSPS) is 17.3. The third-order valence-electron chi connectivity index (χ3n) is 4.87. The number of rotatable bonds is 5. The number of hydrogen-bond acceptors (Lipinski definition) is 4. The lowest BCUT2D eigenvalue weighted by Crippen LogP contribution is -2.34. The minimum atomic E-state index is 0.127. The molecule has 0 radical (unpaired) electrons. The van der Waals surface area contributed by atoms with Gasteiger partial charge in [0.2, 0.25) is 5.91 Å². The van der Waals surface area contributed by atoms with E-state index in [1.54, 1.807) is 0 Å². The first-order chi connectivity index (χ1) is 11.5. The molecule has 0 N–H and O–H groups in total. The molecular weight excluding hydrogens is 302 g/mol. The number of hydrogen-bond donors (Lipinski definition) is 0. The van der Waals surface area contributed by atoms with Crippen LogP contribution in [-0.4, -0.2) is 42.6 Å². The number of carbonyl (C=O) groups excluding carboxylic acids is 1. The number of aromatic nitrogens is 1. The zero-order valence-corrected chi connectivity index (χ0v) is 14.7. The van der Waals surface area contributed by atoms with Gasteiger partial charge in [0.25, 0.3) is 0 Å². The Morgan fingerprint density at radius 3 is 2.75 bits per heavy atom. The van der Waals surface area contributed by atoms with Crippen LogP contribution >= 0.6 is 0 Å². The van der Waals surface area contributed by atoms with Gasteiger partial charge in [0.05, 0.1) is 12.1 Å². The summed E-state index contributed by atoms with van der Waals surface area (Å²) in [6.45, 7) is 6.60. The summed E-state index contributed by atoms with van der Waals surface area (Å²) in [6.07, 6.45) is 1.49. The summed E-state index contributed by atoms with van der Waals surface area (Å²) in [5.74, 6) is 1.39. The maximum Gasteiger partial charge on any atom is 0.226 e. The molecule has 2 heterocycles. The Morgan fingerprint density at radius 1 is 1.33 bits per heavy atom.